The quantitative estimate of drug-likeness (QED) is 0.255. The van der Waals surface area contributed by atoms with Crippen LogP contribution < -0.4 is 0 Å². The van der Waals surface area contributed by atoms with E-state index in [0.717, 1.165) is 35.5 Å². The number of hydrogen-bond donors (Lipinski definition) is 0. The highest BCUT2D eigenvalue weighted by Gasteiger charge is 2.34. The van der Waals surface area contributed by atoms with E-state index in [1.165, 1.54) is 64.2 Å². The van der Waals surface area contributed by atoms with Crippen LogP contribution in [0.15, 0.2) is 0 Å². The first-order valence-electron chi connectivity index (χ1n) is 15.3. The third kappa shape index (κ3) is 9.04. The molecule has 0 nitrogen and oxygen atoms in total. The van der Waals surface area contributed by atoms with Crippen LogP contribution in [0.3, 0.4) is 0 Å². The van der Waals surface area contributed by atoms with Crippen molar-refractivity contribution in [2.24, 2.45) is 35.5 Å². The van der Waals surface area contributed by atoms with E-state index in [4.69, 9.17) is 0 Å². The van der Waals surface area contributed by atoms with Crippen molar-refractivity contribution in [2.75, 3.05) is 0 Å². The lowest BCUT2D eigenvalue weighted by Crippen LogP contribution is -2.29. The van der Waals surface area contributed by atoms with Crippen molar-refractivity contribution < 1.29 is 0 Å². The maximum atomic E-state index is 2.35. The fourth-order valence-corrected chi connectivity index (χ4v) is 7.87. The van der Waals surface area contributed by atoms with E-state index in [1.54, 1.807) is 83.5 Å². The van der Waals surface area contributed by atoms with Gasteiger partial charge in [0.2, 0.25) is 0 Å². The second-order valence-corrected chi connectivity index (χ2v) is 12.3. The third-order valence-electron chi connectivity index (χ3n) is 10.1. The summed E-state index contributed by atoms with van der Waals surface area (Å²) in [5.74, 6) is 6.61. The maximum Gasteiger partial charge on any atom is -0.0386 e. The average molecular weight is 431 g/mol. The molecule has 3 aliphatic carbocycles. The number of unbranched alkanes of at least 4 members (excludes halogenated alkanes) is 7. The predicted molar refractivity (Wildman–Crippen MR) is 138 cm³/mol. The van der Waals surface area contributed by atoms with Crippen LogP contribution in [-0.4, -0.2) is 0 Å². The minimum atomic E-state index is 1.09. The predicted octanol–water partition coefficient (Wildman–Crippen LogP) is 10.7. The van der Waals surface area contributed by atoms with Crippen molar-refractivity contribution >= 4 is 0 Å². The summed E-state index contributed by atoms with van der Waals surface area (Å²) in [6, 6.07) is 0. The van der Waals surface area contributed by atoms with E-state index in [1.807, 2.05) is 0 Å². The third-order valence-corrected chi connectivity index (χ3v) is 10.1. The normalized spacial score (nSPS) is 34.6. The molecule has 0 amide bonds. The van der Waals surface area contributed by atoms with Gasteiger partial charge in [0.25, 0.3) is 0 Å². The van der Waals surface area contributed by atoms with E-state index < -0.39 is 0 Å². The van der Waals surface area contributed by atoms with Gasteiger partial charge in [0.15, 0.2) is 0 Å². The summed E-state index contributed by atoms with van der Waals surface area (Å²) in [5, 5.41) is 0. The Morgan fingerprint density at radius 1 is 0.355 bits per heavy atom. The fourth-order valence-electron chi connectivity index (χ4n) is 7.87. The second kappa shape index (κ2) is 15.0. The van der Waals surface area contributed by atoms with Crippen molar-refractivity contribution in [3.05, 3.63) is 0 Å². The number of hydrogen-bond acceptors (Lipinski definition) is 0. The average Bonchev–Trinajstić information content (AvgIpc) is 2.83. The Labute approximate surface area is 197 Å². The molecular formula is C31H58. The van der Waals surface area contributed by atoms with Gasteiger partial charge in [0.05, 0.1) is 0 Å². The van der Waals surface area contributed by atoms with Gasteiger partial charge in [-0.15, -0.1) is 0 Å². The zero-order chi connectivity index (χ0) is 21.7. The van der Waals surface area contributed by atoms with Gasteiger partial charge >= 0.3 is 0 Å². The molecule has 3 rings (SSSR count). The van der Waals surface area contributed by atoms with Gasteiger partial charge in [-0.25, -0.2) is 0 Å². The van der Waals surface area contributed by atoms with Crippen molar-refractivity contribution in [3.8, 4) is 0 Å². The molecule has 0 heteroatoms. The van der Waals surface area contributed by atoms with E-state index in [2.05, 4.69) is 13.8 Å². The Morgan fingerprint density at radius 2 is 0.677 bits per heavy atom. The molecule has 3 saturated carbocycles. The topological polar surface area (TPSA) is 0 Å². The Balaban J connectivity index is 1.23. The molecule has 0 aromatic heterocycles. The highest BCUT2D eigenvalue weighted by atomic mass is 14.4. The van der Waals surface area contributed by atoms with Gasteiger partial charge in [-0.1, -0.05) is 110 Å². The summed E-state index contributed by atoms with van der Waals surface area (Å²) in [6.45, 7) is 4.68. The van der Waals surface area contributed by atoms with Crippen LogP contribution in [-0.2, 0) is 0 Å². The van der Waals surface area contributed by atoms with Gasteiger partial charge < -0.3 is 0 Å². The first-order valence-corrected chi connectivity index (χ1v) is 15.3. The molecule has 0 aromatic rings. The summed E-state index contributed by atoms with van der Waals surface area (Å²) >= 11 is 0. The second-order valence-electron chi connectivity index (χ2n) is 12.3. The van der Waals surface area contributed by atoms with Crippen LogP contribution in [0.1, 0.15) is 162 Å². The van der Waals surface area contributed by atoms with Crippen molar-refractivity contribution in [3.63, 3.8) is 0 Å². The molecule has 0 atom stereocenters. The Hall–Kier alpha value is 0. The minimum Gasteiger partial charge on any atom is -0.0654 e. The smallest absolute Gasteiger partial charge is 0.0386 e. The molecule has 3 aliphatic rings. The van der Waals surface area contributed by atoms with Crippen LogP contribution in [0.25, 0.3) is 0 Å². The fraction of sp³-hybridized carbons (Fsp3) is 1.00. The van der Waals surface area contributed by atoms with Gasteiger partial charge in [-0.3, -0.25) is 0 Å². The lowest BCUT2D eigenvalue weighted by atomic mass is 9.64. The molecule has 0 N–H and O–H groups in total. The van der Waals surface area contributed by atoms with Gasteiger partial charge in [-0.2, -0.15) is 0 Å². The van der Waals surface area contributed by atoms with Crippen molar-refractivity contribution in [2.45, 2.75) is 162 Å². The molecule has 0 saturated heterocycles. The number of rotatable bonds is 13. The summed E-state index contributed by atoms with van der Waals surface area (Å²) in [7, 11) is 0. The summed E-state index contributed by atoms with van der Waals surface area (Å²) in [5.41, 5.74) is 0. The monoisotopic (exact) mass is 430 g/mol. The maximum absolute atomic E-state index is 2.35. The van der Waals surface area contributed by atoms with Gasteiger partial charge in [0, 0.05) is 0 Å². The molecular weight excluding hydrogens is 372 g/mol. The largest absolute Gasteiger partial charge is 0.0654 e. The van der Waals surface area contributed by atoms with Gasteiger partial charge in [0.1, 0.15) is 0 Å². The van der Waals surface area contributed by atoms with E-state index in [0.29, 0.717) is 0 Å². The van der Waals surface area contributed by atoms with Crippen molar-refractivity contribution in [1.82, 2.24) is 0 Å². The van der Waals surface area contributed by atoms with Crippen LogP contribution in [0.2, 0.25) is 0 Å². The molecule has 3 fully saturated rings. The Bertz CT molecular complexity index is 415. The van der Waals surface area contributed by atoms with Crippen LogP contribution in [0.4, 0.5) is 0 Å². The van der Waals surface area contributed by atoms with E-state index in [9.17, 15) is 0 Å². The molecule has 0 unspecified atom stereocenters. The molecule has 0 aromatic carbocycles. The minimum absolute atomic E-state index is 1.09. The molecule has 0 aliphatic heterocycles. The van der Waals surface area contributed by atoms with Crippen LogP contribution >= 0.6 is 0 Å². The summed E-state index contributed by atoms with van der Waals surface area (Å²) < 4.78 is 0. The lowest BCUT2D eigenvalue weighted by Gasteiger charge is -2.41. The van der Waals surface area contributed by atoms with E-state index in [-0.39, 0.29) is 0 Å². The summed E-state index contributed by atoms with van der Waals surface area (Å²) in [4.78, 5) is 0. The first kappa shape index (κ1) is 25.6. The molecule has 31 heavy (non-hydrogen) atoms. The highest BCUT2D eigenvalue weighted by Crippen LogP contribution is 2.46. The summed E-state index contributed by atoms with van der Waals surface area (Å²) in [6.07, 6.45) is 35.2. The molecule has 0 heterocycles. The zero-order valence-electron chi connectivity index (χ0n) is 21.7. The SMILES string of the molecule is CCCCCCCCCC1CCC(C2CCC(C3CCC(CCCC)CC3)CC2)CC1. The standard InChI is InChI=1S/C31H58/c1-3-5-7-8-9-10-11-13-27-16-20-29(21-17-27)31-24-22-30(23-25-31)28-18-14-26(15-19-28)12-6-4-2/h26-31H,3-25H2,1-2H3. The van der Waals surface area contributed by atoms with Crippen molar-refractivity contribution in [1.29, 1.82) is 0 Å². The Kier molecular flexibility index (Phi) is 12.4. The zero-order valence-corrected chi connectivity index (χ0v) is 21.7. The molecule has 0 spiro atoms. The lowest BCUT2D eigenvalue weighted by molar-refractivity contribution is 0.102. The van der Waals surface area contributed by atoms with Crippen LogP contribution in [0, 0.1) is 35.5 Å². The van der Waals surface area contributed by atoms with E-state index >= 15 is 0 Å². The molecule has 0 bridgehead atoms. The Morgan fingerprint density at radius 3 is 1.10 bits per heavy atom. The first-order chi connectivity index (χ1) is 15.3. The molecule has 182 valence electrons. The molecule has 0 radical (unpaired) electrons. The van der Waals surface area contributed by atoms with Gasteiger partial charge in [-0.05, 0) is 86.9 Å². The van der Waals surface area contributed by atoms with Crippen LogP contribution in [0.5, 0.6) is 0 Å². The highest BCUT2D eigenvalue weighted by molar-refractivity contribution is 4.86.